The first-order valence-corrected chi connectivity index (χ1v) is 7.51. The molecule has 0 radical (unpaired) electrons. The van der Waals surface area contributed by atoms with Crippen LogP contribution in [0, 0.1) is 6.92 Å². The fourth-order valence-electron chi connectivity index (χ4n) is 2.25. The highest BCUT2D eigenvalue weighted by atomic mass is 32.1. The maximum Gasteiger partial charge on any atom is 0.0772 e. The van der Waals surface area contributed by atoms with E-state index in [2.05, 4.69) is 45.5 Å². The lowest BCUT2D eigenvalue weighted by atomic mass is 10.1. The zero-order chi connectivity index (χ0) is 13.8. The summed E-state index contributed by atoms with van der Waals surface area (Å²) in [5.41, 5.74) is 8.17. The standard InChI is InChI=1S/C13H21N5S/c1-4-11(5-2)18-7-6-10(16-18)8-12(14)13-9(3)15-17-19-13/h6-7,11-12H,4-5,8,14H2,1-3H3. The topological polar surface area (TPSA) is 69.6 Å². The number of hydrogen-bond acceptors (Lipinski definition) is 5. The molecule has 0 saturated heterocycles. The van der Waals surface area contributed by atoms with Crippen LogP contribution < -0.4 is 5.73 Å². The molecule has 0 amide bonds. The smallest absolute Gasteiger partial charge is 0.0772 e. The molecule has 1 atom stereocenters. The Hall–Kier alpha value is -1.27. The molecule has 0 spiro atoms. The molecule has 0 saturated carbocycles. The molecule has 0 bridgehead atoms. The van der Waals surface area contributed by atoms with Crippen LogP contribution in [0.15, 0.2) is 12.3 Å². The van der Waals surface area contributed by atoms with Gasteiger partial charge in [-0.1, -0.05) is 18.3 Å². The van der Waals surface area contributed by atoms with E-state index >= 15 is 0 Å². The lowest BCUT2D eigenvalue weighted by molar-refractivity contribution is 0.424. The van der Waals surface area contributed by atoms with Crippen molar-refractivity contribution in [1.29, 1.82) is 0 Å². The van der Waals surface area contributed by atoms with Gasteiger partial charge in [-0.25, -0.2) is 0 Å². The number of aryl methyl sites for hydroxylation is 1. The minimum Gasteiger partial charge on any atom is -0.323 e. The molecule has 6 heteroatoms. The van der Waals surface area contributed by atoms with Crippen LogP contribution in [-0.2, 0) is 6.42 Å². The Morgan fingerprint density at radius 1 is 1.37 bits per heavy atom. The Bertz CT molecular complexity index is 515. The quantitative estimate of drug-likeness (QED) is 0.882. The average Bonchev–Trinajstić information content (AvgIpc) is 3.00. The van der Waals surface area contributed by atoms with Crippen LogP contribution in [0.3, 0.4) is 0 Å². The summed E-state index contributed by atoms with van der Waals surface area (Å²) in [6, 6.07) is 2.48. The van der Waals surface area contributed by atoms with Gasteiger partial charge in [0.1, 0.15) is 0 Å². The molecule has 2 aromatic rings. The highest BCUT2D eigenvalue weighted by Crippen LogP contribution is 2.21. The third-order valence-corrected chi connectivity index (χ3v) is 4.39. The van der Waals surface area contributed by atoms with Gasteiger partial charge in [-0.2, -0.15) is 5.10 Å². The van der Waals surface area contributed by atoms with E-state index in [4.69, 9.17) is 5.73 Å². The first-order chi connectivity index (χ1) is 9.15. The van der Waals surface area contributed by atoms with E-state index in [0.29, 0.717) is 6.04 Å². The van der Waals surface area contributed by atoms with Crippen molar-refractivity contribution < 1.29 is 0 Å². The molecular weight excluding hydrogens is 258 g/mol. The minimum absolute atomic E-state index is 0.0648. The fourth-order valence-corrected chi connectivity index (χ4v) is 2.89. The largest absolute Gasteiger partial charge is 0.323 e. The average molecular weight is 279 g/mol. The molecule has 104 valence electrons. The summed E-state index contributed by atoms with van der Waals surface area (Å²) in [4.78, 5) is 1.05. The molecule has 0 aliphatic rings. The molecule has 1 unspecified atom stereocenters. The van der Waals surface area contributed by atoms with Crippen LogP contribution in [0.1, 0.15) is 55.0 Å². The molecule has 2 N–H and O–H groups in total. The molecule has 5 nitrogen and oxygen atoms in total. The first kappa shape index (κ1) is 14.1. The fraction of sp³-hybridized carbons (Fsp3) is 0.615. The predicted octanol–water partition coefficient (Wildman–Crippen LogP) is 2.65. The van der Waals surface area contributed by atoms with E-state index < -0.39 is 0 Å². The molecule has 2 rings (SSSR count). The number of rotatable bonds is 6. The van der Waals surface area contributed by atoms with Crippen LogP contribution in [0.2, 0.25) is 0 Å². The highest BCUT2D eigenvalue weighted by Gasteiger charge is 2.15. The second-order valence-corrected chi connectivity index (χ2v) is 5.58. The summed E-state index contributed by atoms with van der Waals surface area (Å²) in [5, 5.41) is 8.63. The van der Waals surface area contributed by atoms with Gasteiger partial charge in [0.15, 0.2) is 0 Å². The number of aromatic nitrogens is 4. The molecule has 19 heavy (non-hydrogen) atoms. The maximum absolute atomic E-state index is 6.20. The Balaban J connectivity index is 2.06. The van der Waals surface area contributed by atoms with Gasteiger partial charge in [0.2, 0.25) is 0 Å². The van der Waals surface area contributed by atoms with Crippen molar-refractivity contribution in [2.75, 3.05) is 0 Å². The van der Waals surface area contributed by atoms with Gasteiger partial charge in [0.05, 0.1) is 22.3 Å². The van der Waals surface area contributed by atoms with Crippen molar-refractivity contribution in [1.82, 2.24) is 19.4 Å². The predicted molar refractivity (Wildman–Crippen MR) is 77.1 cm³/mol. The first-order valence-electron chi connectivity index (χ1n) is 6.74. The monoisotopic (exact) mass is 279 g/mol. The Labute approximate surface area is 118 Å². The zero-order valence-corrected chi connectivity index (χ0v) is 12.5. The third-order valence-electron chi connectivity index (χ3n) is 3.43. The maximum atomic E-state index is 6.20. The van der Waals surface area contributed by atoms with Gasteiger partial charge in [-0.05, 0) is 37.4 Å². The van der Waals surface area contributed by atoms with Gasteiger partial charge in [0, 0.05) is 18.7 Å². The van der Waals surface area contributed by atoms with Crippen molar-refractivity contribution in [2.24, 2.45) is 5.73 Å². The lowest BCUT2D eigenvalue weighted by Crippen LogP contribution is -2.14. The second kappa shape index (κ2) is 6.25. The minimum atomic E-state index is -0.0648. The molecule has 0 aliphatic heterocycles. The zero-order valence-electron chi connectivity index (χ0n) is 11.7. The van der Waals surface area contributed by atoms with E-state index in [0.717, 1.165) is 35.5 Å². The summed E-state index contributed by atoms with van der Waals surface area (Å²) in [6.07, 6.45) is 4.98. The van der Waals surface area contributed by atoms with Crippen LogP contribution in [0.25, 0.3) is 0 Å². The van der Waals surface area contributed by atoms with E-state index in [-0.39, 0.29) is 6.04 Å². The summed E-state index contributed by atoms with van der Waals surface area (Å²) >= 11 is 1.38. The van der Waals surface area contributed by atoms with Crippen LogP contribution in [0.5, 0.6) is 0 Å². The molecular formula is C13H21N5S. The van der Waals surface area contributed by atoms with E-state index in [1.165, 1.54) is 11.5 Å². The SMILES string of the molecule is CCC(CC)n1ccc(CC(N)c2snnc2C)n1. The summed E-state index contributed by atoms with van der Waals surface area (Å²) in [7, 11) is 0. The summed E-state index contributed by atoms with van der Waals surface area (Å²) < 4.78 is 5.99. The molecule has 0 aromatic carbocycles. The second-order valence-electron chi connectivity index (χ2n) is 4.79. The van der Waals surface area contributed by atoms with Gasteiger partial charge < -0.3 is 5.73 Å². The van der Waals surface area contributed by atoms with Gasteiger partial charge >= 0.3 is 0 Å². The Kier molecular flexibility index (Phi) is 4.66. The normalized spacial score (nSPS) is 13.1. The number of nitrogens with two attached hydrogens (primary N) is 1. The van der Waals surface area contributed by atoms with E-state index in [1.54, 1.807) is 0 Å². The highest BCUT2D eigenvalue weighted by molar-refractivity contribution is 7.05. The summed E-state index contributed by atoms with van der Waals surface area (Å²) in [6.45, 7) is 6.32. The third kappa shape index (κ3) is 3.19. The van der Waals surface area contributed by atoms with Crippen molar-refractivity contribution in [2.45, 2.75) is 52.1 Å². The molecule has 2 aromatic heterocycles. The van der Waals surface area contributed by atoms with Crippen LogP contribution in [-0.4, -0.2) is 19.4 Å². The number of nitrogens with zero attached hydrogens (tertiary/aromatic N) is 4. The van der Waals surface area contributed by atoms with Gasteiger partial charge in [-0.3, -0.25) is 4.68 Å². The lowest BCUT2D eigenvalue weighted by Gasteiger charge is -2.13. The molecule has 0 fully saturated rings. The number of hydrogen-bond donors (Lipinski definition) is 1. The van der Waals surface area contributed by atoms with Crippen molar-refractivity contribution in [3.63, 3.8) is 0 Å². The molecule has 0 aliphatic carbocycles. The Morgan fingerprint density at radius 2 is 2.11 bits per heavy atom. The molecule has 2 heterocycles. The van der Waals surface area contributed by atoms with Crippen molar-refractivity contribution in [3.8, 4) is 0 Å². The Morgan fingerprint density at radius 3 is 2.68 bits per heavy atom. The van der Waals surface area contributed by atoms with Crippen LogP contribution in [0.4, 0.5) is 0 Å². The van der Waals surface area contributed by atoms with Crippen molar-refractivity contribution in [3.05, 3.63) is 28.5 Å². The summed E-state index contributed by atoms with van der Waals surface area (Å²) in [5.74, 6) is 0. The van der Waals surface area contributed by atoms with Gasteiger partial charge in [0.25, 0.3) is 0 Å². The van der Waals surface area contributed by atoms with E-state index in [1.807, 2.05) is 6.92 Å². The van der Waals surface area contributed by atoms with Crippen molar-refractivity contribution >= 4 is 11.5 Å². The van der Waals surface area contributed by atoms with E-state index in [9.17, 15) is 0 Å². The van der Waals surface area contributed by atoms with Gasteiger partial charge in [-0.15, -0.1) is 5.10 Å². The van der Waals surface area contributed by atoms with Crippen LogP contribution >= 0.6 is 11.5 Å².